The second kappa shape index (κ2) is 4.62. The lowest BCUT2D eigenvalue weighted by atomic mass is 10.3. The Morgan fingerprint density at radius 2 is 2.12 bits per heavy atom. The summed E-state index contributed by atoms with van der Waals surface area (Å²) in [5.41, 5.74) is 0.0720. The predicted octanol–water partition coefficient (Wildman–Crippen LogP) is 2.70. The van der Waals surface area contributed by atoms with Crippen LogP contribution in [0, 0.1) is 11.6 Å². The molecule has 2 N–H and O–H groups in total. The van der Waals surface area contributed by atoms with E-state index in [1.54, 1.807) is 0 Å². The van der Waals surface area contributed by atoms with E-state index in [1.165, 1.54) is 12.3 Å². The average molecular weight is 302 g/mol. The lowest BCUT2D eigenvalue weighted by Gasteiger charge is -2.06. The summed E-state index contributed by atoms with van der Waals surface area (Å²) in [5, 5.41) is 8.32. The predicted molar refractivity (Wildman–Crippen MR) is 60.6 cm³/mol. The van der Waals surface area contributed by atoms with Crippen LogP contribution < -0.4 is 5.32 Å². The van der Waals surface area contributed by atoms with Gasteiger partial charge in [-0.2, -0.15) is 5.10 Å². The highest BCUT2D eigenvalue weighted by molar-refractivity contribution is 9.10. The molecule has 2 rings (SSSR count). The zero-order valence-corrected chi connectivity index (χ0v) is 9.88. The van der Waals surface area contributed by atoms with Crippen molar-refractivity contribution in [1.82, 2.24) is 10.2 Å². The molecule has 0 atom stereocenters. The van der Waals surface area contributed by atoms with Crippen LogP contribution in [0.5, 0.6) is 0 Å². The first-order valence-corrected chi connectivity index (χ1v) is 5.32. The number of aromatic nitrogens is 2. The normalized spacial score (nSPS) is 10.3. The Hall–Kier alpha value is -1.76. The molecule has 0 unspecified atom stereocenters. The van der Waals surface area contributed by atoms with Crippen molar-refractivity contribution < 1.29 is 13.6 Å². The molecule has 0 spiro atoms. The summed E-state index contributed by atoms with van der Waals surface area (Å²) in [6, 6.07) is 3.28. The highest BCUT2D eigenvalue weighted by Crippen LogP contribution is 2.23. The average Bonchev–Trinajstić information content (AvgIpc) is 2.79. The van der Waals surface area contributed by atoms with E-state index in [9.17, 15) is 13.6 Å². The van der Waals surface area contributed by atoms with Gasteiger partial charge in [-0.25, -0.2) is 8.78 Å². The third-order valence-corrected chi connectivity index (χ3v) is 2.61. The lowest BCUT2D eigenvalue weighted by Crippen LogP contribution is -2.13. The molecule has 0 fully saturated rings. The second-order valence-electron chi connectivity index (χ2n) is 3.17. The summed E-state index contributed by atoms with van der Waals surface area (Å²) < 4.78 is 26.4. The van der Waals surface area contributed by atoms with E-state index in [2.05, 4.69) is 31.4 Å². The Labute approximate surface area is 103 Å². The fourth-order valence-corrected chi connectivity index (χ4v) is 1.53. The van der Waals surface area contributed by atoms with Crippen LogP contribution in [0.15, 0.2) is 28.9 Å². The van der Waals surface area contributed by atoms with E-state index in [1.807, 2.05) is 0 Å². The number of H-pyrrole nitrogens is 1. The molecule has 1 heterocycles. The van der Waals surface area contributed by atoms with Crippen LogP contribution in [0.4, 0.5) is 14.5 Å². The first-order chi connectivity index (χ1) is 8.08. The number of hydrogen-bond donors (Lipinski definition) is 2. The minimum absolute atomic E-state index is 0.0683. The topological polar surface area (TPSA) is 57.8 Å². The van der Waals surface area contributed by atoms with Crippen LogP contribution in [0.2, 0.25) is 0 Å². The molecule has 17 heavy (non-hydrogen) atoms. The van der Waals surface area contributed by atoms with Crippen LogP contribution in [-0.2, 0) is 0 Å². The molecule has 0 bridgehead atoms. The van der Waals surface area contributed by atoms with Gasteiger partial charge in [0.1, 0.15) is 17.3 Å². The number of nitrogens with one attached hydrogen (secondary N) is 2. The van der Waals surface area contributed by atoms with Gasteiger partial charge in [-0.1, -0.05) is 0 Å². The van der Waals surface area contributed by atoms with Crippen molar-refractivity contribution in [3.63, 3.8) is 0 Å². The zero-order chi connectivity index (χ0) is 12.4. The van der Waals surface area contributed by atoms with Crippen molar-refractivity contribution in [3.8, 4) is 0 Å². The first kappa shape index (κ1) is 11.7. The summed E-state index contributed by atoms with van der Waals surface area (Å²) in [4.78, 5) is 11.6. The molecule has 0 aliphatic carbocycles. The van der Waals surface area contributed by atoms with Crippen LogP contribution in [0.3, 0.4) is 0 Å². The zero-order valence-electron chi connectivity index (χ0n) is 8.30. The van der Waals surface area contributed by atoms with Gasteiger partial charge in [0.2, 0.25) is 0 Å². The number of aromatic amines is 1. The minimum atomic E-state index is -0.849. The molecule has 0 aliphatic rings. The molecule has 1 aromatic heterocycles. The number of carbonyl (C=O) groups is 1. The summed E-state index contributed by atoms with van der Waals surface area (Å²) in [6.07, 6.45) is 1.39. The molecular weight excluding hydrogens is 296 g/mol. The number of benzene rings is 1. The van der Waals surface area contributed by atoms with Gasteiger partial charge in [0.25, 0.3) is 5.91 Å². The quantitative estimate of drug-likeness (QED) is 0.838. The van der Waals surface area contributed by atoms with Crippen molar-refractivity contribution in [2.24, 2.45) is 0 Å². The lowest BCUT2D eigenvalue weighted by molar-refractivity contribution is 0.102. The van der Waals surface area contributed by atoms with Gasteiger partial charge >= 0.3 is 0 Å². The van der Waals surface area contributed by atoms with E-state index in [0.29, 0.717) is 6.07 Å². The van der Waals surface area contributed by atoms with E-state index >= 15 is 0 Å². The number of nitrogens with zero attached hydrogens (tertiary/aromatic N) is 1. The number of hydrogen-bond acceptors (Lipinski definition) is 2. The van der Waals surface area contributed by atoms with Gasteiger partial charge in [0, 0.05) is 12.3 Å². The Morgan fingerprint density at radius 3 is 2.76 bits per heavy atom. The van der Waals surface area contributed by atoms with Gasteiger partial charge in [-0.05, 0) is 28.1 Å². The highest BCUT2D eigenvalue weighted by Gasteiger charge is 2.12. The highest BCUT2D eigenvalue weighted by atomic mass is 79.9. The summed E-state index contributed by atoms with van der Waals surface area (Å²) in [6.45, 7) is 0. The Bertz CT molecular complexity index is 557. The van der Waals surface area contributed by atoms with Crippen molar-refractivity contribution in [1.29, 1.82) is 0 Å². The molecule has 1 amide bonds. The standard InChI is InChI=1S/C10H6BrF2N3O/c11-5-3-9(7(13)4-6(5)12)15-10(17)8-1-2-14-16-8/h1-4H,(H,14,16)(H,15,17). The Balaban J connectivity index is 2.25. The first-order valence-electron chi connectivity index (χ1n) is 4.53. The van der Waals surface area contributed by atoms with Crippen molar-refractivity contribution >= 4 is 27.5 Å². The fraction of sp³-hybridized carbons (Fsp3) is 0. The maximum Gasteiger partial charge on any atom is 0.273 e. The molecule has 0 radical (unpaired) electrons. The Kier molecular flexibility index (Phi) is 3.19. The second-order valence-corrected chi connectivity index (χ2v) is 4.02. The van der Waals surface area contributed by atoms with Crippen molar-refractivity contribution in [3.05, 3.63) is 46.2 Å². The number of carbonyl (C=O) groups excluding carboxylic acids is 1. The third-order valence-electron chi connectivity index (χ3n) is 2.00. The molecule has 1 aromatic carbocycles. The SMILES string of the molecule is O=C(Nc1cc(Br)c(F)cc1F)c1ccn[nH]1. The number of rotatable bonds is 2. The number of amides is 1. The molecule has 2 aromatic rings. The third kappa shape index (κ3) is 2.50. The van der Waals surface area contributed by atoms with Crippen LogP contribution in [-0.4, -0.2) is 16.1 Å². The van der Waals surface area contributed by atoms with E-state index < -0.39 is 17.5 Å². The van der Waals surface area contributed by atoms with E-state index in [0.717, 1.165) is 6.07 Å². The fourth-order valence-electron chi connectivity index (χ4n) is 1.19. The van der Waals surface area contributed by atoms with Gasteiger partial charge in [0.15, 0.2) is 0 Å². The van der Waals surface area contributed by atoms with Gasteiger partial charge in [0.05, 0.1) is 10.2 Å². The smallest absolute Gasteiger partial charge is 0.273 e. The molecule has 0 saturated carbocycles. The molecular formula is C10H6BrF2N3O. The minimum Gasteiger partial charge on any atom is -0.318 e. The molecule has 0 saturated heterocycles. The van der Waals surface area contributed by atoms with Gasteiger partial charge < -0.3 is 5.32 Å². The maximum absolute atomic E-state index is 13.3. The largest absolute Gasteiger partial charge is 0.318 e. The molecule has 88 valence electrons. The van der Waals surface area contributed by atoms with E-state index in [-0.39, 0.29) is 15.9 Å². The van der Waals surface area contributed by atoms with Crippen molar-refractivity contribution in [2.75, 3.05) is 5.32 Å². The summed E-state index contributed by atoms with van der Waals surface area (Å²) in [5.74, 6) is -2.14. The van der Waals surface area contributed by atoms with Crippen LogP contribution in [0.1, 0.15) is 10.5 Å². The molecule has 0 aliphatic heterocycles. The van der Waals surface area contributed by atoms with Crippen LogP contribution >= 0.6 is 15.9 Å². The number of anilines is 1. The van der Waals surface area contributed by atoms with E-state index in [4.69, 9.17) is 0 Å². The monoisotopic (exact) mass is 301 g/mol. The summed E-state index contributed by atoms with van der Waals surface area (Å²) >= 11 is 2.91. The summed E-state index contributed by atoms with van der Waals surface area (Å²) in [7, 11) is 0. The number of halogens is 3. The van der Waals surface area contributed by atoms with Crippen LogP contribution in [0.25, 0.3) is 0 Å². The molecule has 7 heteroatoms. The Morgan fingerprint density at radius 1 is 1.35 bits per heavy atom. The maximum atomic E-state index is 13.3. The van der Waals surface area contributed by atoms with Gasteiger partial charge in [-0.3, -0.25) is 9.89 Å². The van der Waals surface area contributed by atoms with Gasteiger partial charge in [-0.15, -0.1) is 0 Å². The molecule has 4 nitrogen and oxygen atoms in total. The van der Waals surface area contributed by atoms with Crippen molar-refractivity contribution in [2.45, 2.75) is 0 Å².